The molecule has 118 valence electrons. The van der Waals surface area contributed by atoms with Crippen LogP contribution in [-0.2, 0) is 6.42 Å². The predicted molar refractivity (Wildman–Crippen MR) is 87.9 cm³/mol. The maximum atomic E-state index is 12.3. The second-order valence-corrected chi connectivity index (χ2v) is 6.29. The summed E-state index contributed by atoms with van der Waals surface area (Å²) in [4.78, 5) is 18.7. The molecule has 0 radical (unpaired) electrons. The van der Waals surface area contributed by atoms with Gasteiger partial charge in [0.15, 0.2) is 0 Å². The molecule has 4 nitrogen and oxygen atoms in total. The molecule has 0 aliphatic rings. The van der Waals surface area contributed by atoms with Crippen LogP contribution in [-0.4, -0.2) is 42.5 Å². The average molecular weight is 312 g/mol. The highest BCUT2D eigenvalue weighted by atomic mass is 35.5. The number of aromatic nitrogens is 1. The SMILES string of the molecule is CCCc1cc(C(=O)NCC(C(C)C)N(C)C)cc(Cl)n1. The zero-order valence-corrected chi connectivity index (χ0v) is 14.4. The normalized spacial score (nSPS) is 12.8. The Labute approximate surface area is 132 Å². The number of nitrogens with one attached hydrogen (secondary N) is 1. The lowest BCUT2D eigenvalue weighted by Crippen LogP contribution is -2.43. The summed E-state index contributed by atoms with van der Waals surface area (Å²) in [6, 6.07) is 3.75. The number of likely N-dealkylation sites (N-methyl/N-ethyl adjacent to an activating group) is 1. The van der Waals surface area contributed by atoms with Gasteiger partial charge in [0.25, 0.3) is 5.91 Å². The van der Waals surface area contributed by atoms with E-state index >= 15 is 0 Å². The molecule has 1 amide bonds. The van der Waals surface area contributed by atoms with Crippen LogP contribution in [0.25, 0.3) is 0 Å². The Kier molecular flexibility index (Phi) is 7.12. The van der Waals surface area contributed by atoms with Crippen LogP contribution in [0.3, 0.4) is 0 Å². The highest BCUT2D eigenvalue weighted by Gasteiger charge is 2.17. The Bertz CT molecular complexity index is 467. The van der Waals surface area contributed by atoms with Gasteiger partial charge in [-0.15, -0.1) is 0 Å². The summed E-state index contributed by atoms with van der Waals surface area (Å²) in [6.45, 7) is 7.00. The molecule has 0 saturated carbocycles. The van der Waals surface area contributed by atoms with Gasteiger partial charge in [0.1, 0.15) is 5.15 Å². The van der Waals surface area contributed by atoms with Crippen LogP contribution in [0.4, 0.5) is 0 Å². The van der Waals surface area contributed by atoms with Crippen molar-refractivity contribution in [2.75, 3.05) is 20.6 Å². The summed E-state index contributed by atoms with van der Waals surface area (Å²) in [7, 11) is 4.05. The number of rotatable bonds is 7. The lowest BCUT2D eigenvalue weighted by Gasteiger charge is -2.28. The van der Waals surface area contributed by atoms with Gasteiger partial charge in [-0.1, -0.05) is 38.8 Å². The fraction of sp³-hybridized carbons (Fsp3) is 0.625. The van der Waals surface area contributed by atoms with Gasteiger partial charge in [0.2, 0.25) is 0 Å². The maximum absolute atomic E-state index is 12.3. The first-order valence-electron chi connectivity index (χ1n) is 7.46. The van der Waals surface area contributed by atoms with Crippen molar-refractivity contribution < 1.29 is 4.79 Å². The third-order valence-corrected chi connectivity index (χ3v) is 3.71. The topological polar surface area (TPSA) is 45.2 Å². The number of hydrogen-bond donors (Lipinski definition) is 1. The standard InChI is InChI=1S/C16H26ClN3O/c1-6-7-13-8-12(9-15(17)19-13)16(21)18-10-14(11(2)3)20(4)5/h8-9,11,14H,6-7,10H2,1-5H3,(H,18,21). The molecule has 5 heteroatoms. The van der Waals surface area contributed by atoms with Crippen LogP contribution in [0.15, 0.2) is 12.1 Å². The molecule has 0 spiro atoms. The Morgan fingerprint density at radius 3 is 2.57 bits per heavy atom. The zero-order chi connectivity index (χ0) is 16.0. The van der Waals surface area contributed by atoms with Crippen LogP contribution >= 0.6 is 11.6 Å². The molecular formula is C16H26ClN3O. The van der Waals surface area contributed by atoms with Gasteiger partial charge < -0.3 is 10.2 Å². The van der Waals surface area contributed by atoms with Gasteiger partial charge in [-0.3, -0.25) is 4.79 Å². The van der Waals surface area contributed by atoms with Crippen LogP contribution in [0.2, 0.25) is 5.15 Å². The van der Waals surface area contributed by atoms with Crippen molar-refractivity contribution in [2.24, 2.45) is 5.92 Å². The molecule has 1 atom stereocenters. The van der Waals surface area contributed by atoms with Crippen LogP contribution in [0, 0.1) is 5.92 Å². The number of carbonyl (C=O) groups is 1. The predicted octanol–water partition coefficient (Wildman–Crippen LogP) is 3.00. The van der Waals surface area contributed by atoms with Gasteiger partial charge in [0.05, 0.1) is 0 Å². The second-order valence-electron chi connectivity index (χ2n) is 5.90. The molecule has 1 unspecified atom stereocenters. The van der Waals surface area contributed by atoms with E-state index in [9.17, 15) is 4.79 Å². The first-order chi connectivity index (χ1) is 9.85. The third-order valence-electron chi connectivity index (χ3n) is 3.52. The molecule has 0 aliphatic heterocycles. The minimum absolute atomic E-state index is 0.0934. The summed E-state index contributed by atoms with van der Waals surface area (Å²) in [5, 5.41) is 3.37. The smallest absolute Gasteiger partial charge is 0.251 e. The van der Waals surface area contributed by atoms with Crippen LogP contribution < -0.4 is 5.32 Å². The van der Waals surface area contributed by atoms with Crippen molar-refractivity contribution >= 4 is 17.5 Å². The first-order valence-corrected chi connectivity index (χ1v) is 7.84. The van der Waals surface area contributed by atoms with E-state index in [1.54, 1.807) is 6.07 Å². The first kappa shape index (κ1) is 17.9. The van der Waals surface area contributed by atoms with E-state index in [0.29, 0.717) is 29.2 Å². The van der Waals surface area contributed by atoms with E-state index in [1.807, 2.05) is 20.2 Å². The molecule has 1 aromatic rings. The van der Waals surface area contributed by atoms with Crippen molar-refractivity contribution in [1.29, 1.82) is 0 Å². The Morgan fingerprint density at radius 2 is 2.05 bits per heavy atom. The highest BCUT2D eigenvalue weighted by Crippen LogP contribution is 2.13. The quantitative estimate of drug-likeness (QED) is 0.787. The van der Waals surface area contributed by atoms with E-state index in [-0.39, 0.29) is 5.91 Å². The fourth-order valence-electron chi connectivity index (χ4n) is 2.38. The molecule has 1 heterocycles. The van der Waals surface area contributed by atoms with Crippen molar-refractivity contribution in [3.63, 3.8) is 0 Å². The van der Waals surface area contributed by atoms with Crippen LogP contribution in [0.1, 0.15) is 43.2 Å². The average Bonchev–Trinajstić information content (AvgIpc) is 2.37. The summed E-state index contributed by atoms with van der Waals surface area (Å²) < 4.78 is 0. The van der Waals surface area contributed by atoms with Gasteiger partial charge >= 0.3 is 0 Å². The number of nitrogens with zero attached hydrogens (tertiary/aromatic N) is 2. The summed E-state index contributed by atoms with van der Waals surface area (Å²) in [5.74, 6) is 0.376. The van der Waals surface area contributed by atoms with Gasteiger partial charge in [-0.2, -0.15) is 0 Å². The molecule has 1 aromatic heterocycles. The van der Waals surface area contributed by atoms with Crippen molar-refractivity contribution in [3.05, 3.63) is 28.5 Å². The summed E-state index contributed by atoms with van der Waals surface area (Å²) in [5.41, 5.74) is 1.45. The highest BCUT2D eigenvalue weighted by molar-refractivity contribution is 6.29. The minimum Gasteiger partial charge on any atom is -0.350 e. The van der Waals surface area contributed by atoms with E-state index in [4.69, 9.17) is 11.6 Å². The maximum Gasteiger partial charge on any atom is 0.251 e. The number of aryl methyl sites for hydroxylation is 1. The molecule has 0 fully saturated rings. The lowest BCUT2D eigenvalue weighted by molar-refractivity contribution is 0.0934. The van der Waals surface area contributed by atoms with Gasteiger partial charge in [-0.05, 0) is 38.6 Å². The Hall–Kier alpha value is -1.13. The number of hydrogen-bond acceptors (Lipinski definition) is 3. The van der Waals surface area contributed by atoms with E-state index < -0.39 is 0 Å². The molecule has 1 rings (SSSR count). The number of carbonyl (C=O) groups excluding carboxylic acids is 1. The minimum atomic E-state index is -0.0934. The summed E-state index contributed by atoms with van der Waals surface area (Å²) in [6.07, 6.45) is 1.80. The monoisotopic (exact) mass is 311 g/mol. The van der Waals surface area contributed by atoms with Crippen molar-refractivity contribution in [3.8, 4) is 0 Å². The third kappa shape index (κ3) is 5.64. The molecule has 1 N–H and O–H groups in total. The largest absolute Gasteiger partial charge is 0.350 e. The van der Waals surface area contributed by atoms with Crippen molar-refractivity contribution in [2.45, 2.75) is 39.7 Å². The number of halogens is 1. The Balaban J connectivity index is 2.75. The number of pyridine rings is 1. The molecule has 0 aromatic carbocycles. The molecular weight excluding hydrogens is 286 g/mol. The second kappa shape index (κ2) is 8.35. The van der Waals surface area contributed by atoms with Crippen molar-refractivity contribution in [1.82, 2.24) is 15.2 Å². The number of amides is 1. The fourth-order valence-corrected chi connectivity index (χ4v) is 2.61. The van der Waals surface area contributed by atoms with E-state index in [1.165, 1.54) is 0 Å². The van der Waals surface area contributed by atoms with Gasteiger partial charge in [0, 0.05) is 23.8 Å². The molecule has 0 aliphatic carbocycles. The van der Waals surface area contributed by atoms with E-state index in [2.05, 4.69) is 36.0 Å². The molecule has 0 bridgehead atoms. The van der Waals surface area contributed by atoms with Gasteiger partial charge in [-0.25, -0.2) is 4.98 Å². The van der Waals surface area contributed by atoms with Crippen LogP contribution in [0.5, 0.6) is 0 Å². The lowest BCUT2D eigenvalue weighted by atomic mass is 10.0. The summed E-state index contributed by atoms with van der Waals surface area (Å²) >= 11 is 5.99. The van der Waals surface area contributed by atoms with E-state index in [0.717, 1.165) is 18.5 Å². The molecule has 21 heavy (non-hydrogen) atoms. The molecule has 0 saturated heterocycles. The zero-order valence-electron chi connectivity index (χ0n) is 13.6. The Morgan fingerprint density at radius 1 is 1.38 bits per heavy atom.